The van der Waals surface area contributed by atoms with Crippen molar-refractivity contribution >= 4 is 5.97 Å². The number of carbonyl (C=O) groups is 1. The van der Waals surface area contributed by atoms with Gasteiger partial charge in [0.25, 0.3) is 0 Å². The third-order valence-corrected chi connectivity index (χ3v) is 2.78. The van der Waals surface area contributed by atoms with Crippen LogP contribution in [0.25, 0.3) is 0 Å². The molecule has 0 bridgehead atoms. The highest BCUT2D eigenvalue weighted by Gasteiger charge is 2.05. The molecule has 0 saturated carbocycles. The van der Waals surface area contributed by atoms with Crippen LogP contribution < -0.4 is 9.47 Å². The van der Waals surface area contributed by atoms with Crippen LogP contribution in [0, 0.1) is 12.7 Å². The van der Waals surface area contributed by atoms with Gasteiger partial charge >= 0.3 is 5.97 Å². The van der Waals surface area contributed by atoms with Crippen molar-refractivity contribution in [3.63, 3.8) is 0 Å². The molecule has 0 aromatic heterocycles. The lowest BCUT2D eigenvalue weighted by Crippen LogP contribution is -2.10. The van der Waals surface area contributed by atoms with Crippen molar-refractivity contribution in [1.29, 1.82) is 0 Å². The van der Waals surface area contributed by atoms with E-state index in [1.807, 2.05) is 6.92 Å². The van der Waals surface area contributed by atoms with Crippen molar-refractivity contribution in [3.05, 3.63) is 59.4 Å². The van der Waals surface area contributed by atoms with E-state index in [1.54, 1.807) is 24.3 Å². The van der Waals surface area contributed by atoms with Crippen molar-refractivity contribution in [1.82, 2.24) is 0 Å². The van der Waals surface area contributed by atoms with Gasteiger partial charge in [0.1, 0.15) is 19.0 Å². The number of halogens is 1. The van der Waals surface area contributed by atoms with Crippen LogP contribution in [0.3, 0.4) is 0 Å². The Labute approximate surface area is 121 Å². The zero-order valence-electron chi connectivity index (χ0n) is 11.5. The molecule has 0 aliphatic heterocycles. The lowest BCUT2D eigenvalue weighted by molar-refractivity contribution is 0.0696. The van der Waals surface area contributed by atoms with Crippen LogP contribution in [0.5, 0.6) is 11.5 Å². The van der Waals surface area contributed by atoms with Gasteiger partial charge in [-0.3, -0.25) is 0 Å². The average Bonchev–Trinajstić information content (AvgIpc) is 2.47. The summed E-state index contributed by atoms with van der Waals surface area (Å²) in [6.07, 6.45) is 0. The van der Waals surface area contributed by atoms with E-state index in [1.165, 1.54) is 18.2 Å². The van der Waals surface area contributed by atoms with Gasteiger partial charge in [-0.05, 0) is 42.8 Å². The fourth-order valence-corrected chi connectivity index (χ4v) is 1.75. The van der Waals surface area contributed by atoms with Gasteiger partial charge in [0, 0.05) is 0 Å². The molecule has 2 rings (SSSR count). The highest BCUT2D eigenvalue weighted by molar-refractivity contribution is 5.87. The monoisotopic (exact) mass is 290 g/mol. The molecular weight excluding hydrogens is 275 g/mol. The molecule has 0 amide bonds. The second kappa shape index (κ2) is 6.74. The van der Waals surface area contributed by atoms with Gasteiger partial charge in [-0.25, -0.2) is 9.18 Å². The minimum absolute atomic E-state index is 0.151. The Balaban J connectivity index is 1.86. The van der Waals surface area contributed by atoms with E-state index in [0.717, 1.165) is 5.56 Å². The van der Waals surface area contributed by atoms with Crippen LogP contribution in [0.4, 0.5) is 4.39 Å². The smallest absolute Gasteiger partial charge is 0.335 e. The lowest BCUT2D eigenvalue weighted by Gasteiger charge is -2.10. The molecule has 2 aromatic rings. The van der Waals surface area contributed by atoms with Crippen LogP contribution >= 0.6 is 0 Å². The molecule has 2 aromatic carbocycles. The summed E-state index contributed by atoms with van der Waals surface area (Å²) in [5, 5.41) is 8.86. The highest BCUT2D eigenvalue weighted by atomic mass is 19.1. The SMILES string of the molecule is Cc1ccc(F)c(OCCOc2cccc(C(=O)O)c2)c1. The van der Waals surface area contributed by atoms with E-state index in [9.17, 15) is 9.18 Å². The maximum Gasteiger partial charge on any atom is 0.335 e. The molecule has 110 valence electrons. The first kappa shape index (κ1) is 14.8. The molecule has 0 aliphatic carbocycles. The second-order valence-corrected chi connectivity index (χ2v) is 4.46. The summed E-state index contributed by atoms with van der Waals surface area (Å²) in [6.45, 7) is 2.20. The van der Waals surface area contributed by atoms with Gasteiger partial charge in [-0.15, -0.1) is 0 Å². The van der Waals surface area contributed by atoms with Crippen molar-refractivity contribution in [3.8, 4) is 11.5 Å². The molecule has 0 spiro atoms. The zero-order chi connectivity index (χ0) is 15.2. The minimum Gasteiger partial charge on any atom is -0.490 e. The Morgan fingerprint density at radius 3 is 2.67 bits per heavy atom. The van der Waals surface area contributed by atoms with Gasteiger partial charge in [0.2, 0.25) is 0 Å². The second-order valence-electron chi connectivity index (χ2n) is 4.46. The number of carboxylic acid groups (broad SMARTS) is 1. The first-order chi connectivity index (χ1) is 10.1. The van der Waals surface area contributed by atoms with Crippen molar-refractivity contribution in [2.24, 2.45) is 0 Å². The molecule has 0 heterocycles. The van der Waals surface area contributed by atoms with Crippen LogP contribution in [0.1, 0.15) is 15.9 Å². The Kier molecular flexibility index (Phi) is 4.77. The molecule has 0 saturated heterocycles. The van der Waals surface area contributed by atoms with Gasteiger partial charge in [0.15, 0.2) is 11.6 Å². The fraction of sp³-hybridized carbons (Fsp3) is 0.188. The Hall–Kier alpha value is -2.56. The largest absolute Gasteiger partial charge is 0.490 e. The summed E-state index contributed by atoms with van der Waals surface area (Å²) in [4.78, 5) is 10.8. The van der Waals surface area contributed by atoms with Gasteiger partial charge in [0.05, 0.1) is 5.56 Å². The Morgan fingerprint density at radius 2 is 1.90 bits per heavy atom. The van der Waals surface area contributed by atoms with Crippen LogP contribution in [-0.2, 0) is 0 Å². The van der Waals surface area contributed by atoms with Gasteiger partial charge < -0.3 is 14.6 Å². The number of hydrogen-bond acceptors (Lipinski definition) is 3. The van der Waals surface area contributed by atoms with Crippen LogP contribution in [0.15, 0.2) is 42.5 Å². The molecular formula is C16H15FO4. The third kappa shape index (κ3) is 4.21. The number of rotatable bonds is 6. The number of benzene rings is 2. The number of aromatic carboxylic acids is 1. The lowest BCUT2D eigenvalue weighted by atomic mass is 10.2. The summed E-state index contributed by atoms with van der Waals surface area (Å²) in [5.41, 5.74) is 1.06. The standard InChI is InChI=1S/C16H15FO4/c1-11-5-6-14(17)15(9-11)21-8-7-20-13-4-2-3-12(10-13)16(18)19/h2-6,9-10H,7-8H2,1H3,(H,18,19). The predicted molar refractivity (Wildman–Crippen MR) is 75.5 cm³/mol. The first-order valence-corrected chi connectivity index (χ1v) is 6.41. The Morgan fingerprint density at radius 1 is 1.14 bits per heavy atom. The predicted octanol–water partition coefficient (Wildman–Crippen LogP) is 3.29. The molecule has 4 nitrogen and oxygen atoms in total. The normalized spacial score (nSPS) is 10.2. The van der Waals surface area contributed by atoms with Crippen molar-refractivity contribution in [2.75, 3.05) is 13.2 Å². The van der Waals surface area contributed by atoms with Crippen molar-refractivity contribution in [2.45, 2.75) is 6.92 Å². The number of carboxylic acids is 1. The summed E-state index contributed by atoms with van der Waals surface area (Å²) >= 11 is 0. The van der Waals surface area contributed by atoms with E-state index in [0.29, 0.717) is 5.75 Å². The highest BCUT2D eigenvalue weighted by Crippen LogP contribution is 2.18. The maximum atomic E-state index is 13.4. The third-order valence-electron chi connectivity index (χ3n) is 2.78. The van der Waals surface area contributed by atoms with E-state index in [-0.39, 0.29) is 24.5 Å². The quantitative estimate of drug-likeness (QED) is 0.829. The summed E-state index contributed by atoms with van der Waals surface area (Å²) in [6, 6.07) is 10.8. The molecule has 0 fully saturated rings. The topological polar surface area (TPSA) is 55.8 Å². The number of ether oxygens (including phenoxy) is 2. The number of hydrogen-bond donors (Lipinski definition) is 1. The number of aryl methyl sites for hydroxylation is 1. The first-order valence-electron chi connectivity index (χ1n) is 6.41. The zero-order valence-corrected chi connectivity index (χ0v) is 11.5. The van der Waals surface area contributed by atoms with Gasteiger partial charge in [-0.2, -0.15) is 0 Å². The van der Waals surface area contributed by atoms with Gasteiger partial charge in [-0.1, -0.05) is 12.1 Å². The molecule has 5 heteroatoms. The van der Waals surface area contributed by atoms with E-state index in [4.69, 9.17) is 14.6 Å². The molecule has 0 unspecified atom stereocenters. The van der Waals surface area contributed by atoms with E-state index >= 15 is 0 Å². The summed E-state index contributed by atoms with van der Waals surface area (Å²) in [5.74, 6) is -0.826. The molecule has 21 heavy (non-hydrogen) atoms. The molecule has 0 radical (unpaired) electrons. The molecule has 1 N–H and O–H groups in total. The molecule has 0 aliphatic rings. The van der Waals surface area contributed by atoms with Crippen molar-refractivity contribution < 1.29 is 23.8 Å². The fourth-order valence-electron chi connectivity index (χ4n) is 1.75. The van der Waals surface area contributed by atoms with Crippen LogP contribution in [-0.4, -0.2) is 24.3 Å². The van der Waals surface area contributed by atoms with E-state index in [2.05, 4.69) is 0 Å². The summed E-state index contributed by atoms with van der Waals surface area (Å²) in [7, 11) is 0. The van der Waals surface area contributed by atoms with Crippen LogP contribution in [0.2, 0.25) is 0 Å². The maximum absolute atomic E-state index is 13.4. The summed E-state index contributed by atoms with van der Waals surface area (Å²) < 4.78 is 24.1. The van der Waals surface area contributed by atoms with E-state index < -0.39 is 11.8 Å². The minimum atomic E-state index is -1.02. The Bertz CT molecular complexity index is 640. The average molecular weight is 290 g/mol. The molecule has 0 atom stereocenters.